The Morgan fingerprint density at radius 3 is 1.15 bits per heavy atom. The van der Waals surface area contributed by atoms with Gasteiger partial charge >= 0.3 is 17.9 Å². The molecule has 0 saturated heterocycles. The molecule has 0 bridgehead atoms. The minimum Gasteiger partial charge on any atom is -0.462 e. The maximum absolute atomic E-state index is 12.6. The molecule has 0 amide bonds. The van der Waals surface area contributed by atoms with Crippen LogP contribution in [0.25, 0.3) is 0 Å². The summed E-state index contributed by atoms with van der Waals surface area (Å²) in [4.78, 5) is 37.6. The average molecular weight is 731 g/mol. The van der Waals surface area contributed by atoms with Crippen molar-refractivity contribution >= 4 is 17.9 Å². The van der Waals surface area contributed by atoms with Crippen molar-refractivity contribution in [3.05, 3.63) is 36.5 Å². The van der Waals surface area contributed by atoms with Gasteiger partial charge in [-0.3, -0.25) is 14.4 Å². The van der Waals surface area contributed by atoms with E-state index in [0.29, 0.717) is 19.3 Å². The number of rotatable bonds is 39. The van der Waals surface area contributed by atoms with Gasteiger partial charge in [-0.25, -0.2) is 0 Å². The molecule has 302 valence electrons. The number of allylic oxidation sites excluding steroid dienone is 6. The van der Waals surface area contributed by atoms with Crippen LogP contribution in [0, 0.1) is 0 Å². The molecular weight excluding hydrogens is 648 g/mol. The molecule has 0 aliphatic heterocycles. The van der Waals surface area contributed by atoms with Crippen molar-refractivity contribution in [1.82, 2.24) is 0 Å². The Balaban J connectivity index is 4.42. The lowest BCUT2D eigenvalue weighted by atomic mass is 10.0. The number of carbonyl (C=O) groups is 3. The van der Waals surface area contributed by atoms with E-state index in [0.717, 1.165) is 64.2 Å². The molecule has 0 heterocycles. The van der Waals surface area contributed by atoms with E-state index in [-0.39, 0.29) is 37.5 Å². The summed E-state index contributed by atoms with van der Waals surface area (Å²) < 4.78 is 16.6. The number of esters is 3. The molecule has 0 aliphatic carbocycles. The number of carbonyl (C=O) groups excluding carboxylic acids is 3. The van der Waals surface area contributed by atoms with Gasteiger partial charge in [-0.2, -0.15) is 0 Å². The Kier molecular flexibility index (Phi) is 39.5. The first-order chi connectivity index (χ1) is 25.5. The van der Waals surface area contributed by atoms with Crippen molar-refractivity contribution in [2.45, 2.75) is 226 Å². The van der Waals surface area contributed by atoms with Gasteiger partial charge in [-0.1, -0.05) is 192 Å². The molecule has 0 N–H and O–H groups in total. The third kappa shape index (κ3) is 38.9. The van der Waals surface area contributed by atoms with Gasteiger partial charge in [-0.15, -0.1) is 0 Å². The van der Waals surface area contributed by atoms with Crippen molar-refractivity contribution in [1.29, 1.82) is 0 Å². The molecule has 0 aromatic carbocycles. The van der Waals surface area contributed by atoms with Crippen LogP contribution in [0.2, 0.25) is 0 Å². The van der Waals surface area contributed by atoms with Crippen LogP contribution in [0.15, 0.2) is 36.5 Å². The normalized spacial score (nSPS) is 12.3. The topological polar surface area (TPSA) is 78.9 Å². The van der Waals surface area contributed by atoms with Crippen LogP contribution in [0.3, 0.4) is 0 Å². The van der Waals surface area contributed by atoms with Crippen LogP contribution in [-0.2, 0) is 28.6 Å². The van der Waals surface area contributed by atoms with Crippen molar-refractivity contribution in [2.75, 3.05) is 13.2 Å². The van der Waals surface area contributed by atoms with Crippen molar-refractivity contribution in [3.8, 4) is 0 Å². The standard InChI is InChI=1S/C46H82O6/c1-4-7-10-13-16-19-22-25-27-30-33-36-39-45(48)51-42-43(52-46(49)40-37-34-31-28-24-21-18-15-12-9-6-3)41-50-44(47)38-35-32-29-26-23-20-17-14-11-8-5-2/h9,12,18,21,28,31,43H,4-8,10-11,13-17,19-20,22-27,29-30,32-42H2,1-3H3/b12-9-,21-18-,31-28-. The maximum Gasteiger partial charge on any atom is 0.306 e. The number of unbranched alkanes of at least 4 members (excludes halogenated alkanes) is 22. The van der Waals surface area contributed by atoms with E-state index in [4.69, 9.17) is 14.2 Å². The lowest BCUT2D eigenvalue weighted by Crippen LogP contribution is -2.30. The second-order valence-electron chi connectivity index (χ2n) is 14.6. The predicted molar refractivity (Wildman–Crippen MR) is 219 cm³/mol. The molecule has 0 aromatic rings. The van der Waals surface area contributed by atoms with E-state index in [1.807, 2.05) is 0 Å². The van der Waals surface area contributed by atoms with E-state index >= 15 is 0 Å². The molecule has 0 spiro atoms. The highest BCUT2D eigenvalue weighted by Gasteiger charge is 2.19. The maximum atomic E-state index is 12.6. The molecule has 6 heteroatoms. The second kappa shape index (κ2) is 41.4. The Bertz CT molecular complexity index is 891. The van der Waals surface area contributed by atoms with E-state index in [1.165, 1.54) is 109 Å². The first kappa shape index (κ1) is 49.6. The van der Waals surface area contributed by atoms with Crippen LogP contribution in [0.4, 0.5) is 0 Å². The van der Waals surface area contributed by atoms with Gasteiger partial charge in [0.25, 0.3) is 0 Å². The molecule has 0 fully saturated rings. The van der Waals surface area contributed by atoms with Crippen LogP contribution in [0.1, 0.15) is 220 Å². The quantitative estimate of drug-likeness (QED) is 0.0271. The van der Waals surface area contributed by atoms with Crippen LogP contribution < -0.4 is 0 Å². The molecule has 0 saturated carbocycles. The fourth-order valence-corrected chi connectivity index (χ4v) is 6.11. The Morgan fingerprint density at radius 2 is 0.750 bits per heavy atom. The van der Waals surface area contributed by atoms with Gasteiger partial charge in [0.1, 0.15) is 13.2 Å². The summed E-state index contributed by atoms with van der Waals surface area (Å²) in [7, 11) is 0. The predicted octanol–water partition coefficient (Wildman–Crippen LogP) is 13.8. The van der Waals surface area contributed by atoms with Gasteiger partial charge in [0.05, 0.1) is 0 Å². The van der Waals surface area contributed by atoms with E-state index in [9.17, 15) is 14.4 Å². The largest absolute Gasteiger partial charge is 0.462 e. The zero-order valence-electron chi connectivity index (χ0n) is 34.3. The lowest BCUT2D eigenvalue weighted by molar-refractivity contribution is -0.167. The van der Waals surface area contributed by atoms with E-state index in [1.54, 1.807) is 0 Å². The van der Waals surface area contributed by atoms with Gasteiger partial charge in [0.15, 0.2) is 6.10 Å². The third-order valence-corrected chi connectivity index (χ3v) is 9.41. The number of hydrogen-bond donors (Lipinski definition) is 0. The highest BCUT2D eigenvalue weighted by Crippen LogP contribution is 2.14. The summed E-state index contributed by atoms with van der Waals surface area (Å²) in [6.07, 6.45) is 45.6. The van der Waals surface area contributed by atoms with Gasteiger partial charge < -0.3 is 14.2 Å². The zero-order valence-corrected chi connectivity index (χ0v) is 34.3. The molecule has 0 aliphatic rings. The van der Waals surface area contributed by atoms with Gasteiger partial charge in [0, 0.05) is 19.3 Å². The zero-order chi connectivity index (χ0) is 38.0. The van der Waals surface area contributed by atoms with Crippen molar-refractivity contribution in [3.63, 3.8) is 0 Å². The first-order valence-corrected chi connectivity index (χ1v) is 22.0. The Labute approximate surface area is 321 Å². The molecular formula is C46H82O6. The SMILES string of the molecule is CC/C=C\C/C=C\C/C=C\CCCC(=O)OC(COC(=O)CCCCCCCCCCCCC)COC(=O)CCCCCCCCCCCCCC. The molecule has 0 rings (SSSR count). The minimum atomic E-state index is -0.790. The first-order valence-electron chi connectivity index (χ1n) is 22.0. The third-order valence-electron chi connectivity index (χ3n) is 9.41. The summed E-state index contributed by atoms with van der Waals surface area (Å²) in [6.45, 7) is 6.45. The monoisotopic (exact) mass is 731 g/mol. The molecule has 1 unspecified atom stereocenters. The average Bonchev–Trinajstić information content (AvgIpc) is 3.14. The van der Waals surface area contributed by atoms with Crippen molar-refractivity contribution < 1.29 is 28.6 Å². The summed E-state index contributed by atoms with van der Waals surface area (Å²) in [6, 6.07) is 0. The summed E-state index contributed by atoms with van der Waals surface area (Å²) in [5, 5.41) is 0. The van der Waals surface area contributed by atoms with Crippen LogP contribution >= 0.6 is 0 Å². The lowest BCUT2D eigenvalue weighted by Gasteiger charge is -2.18. The van der Waals surface area contributed by atoms with Crippen molar-refractivity contribution in [2.24, 2.45) is 0 Å². The highest BCUT2D eigenvalue weighted by atomic mass is 16.6. The smallest absolute Gasteiger partial charge is 0.306 e. The molecule has 0 radical (unpaired) electrons. The molecule has 52 heavy (non-hydrogen) atoms. The van der Waals surface area contributed by atoms with Crippen LogP contribution in [0.5, 0.6) is 0 Å². The highest BCUT2D eigenvalue weighted by molar-refractivity contribution is 5.71. The fourth-order valence-electron chi connectivity index (χ4n) is 6.11. The minimum absolute atomic E-state index is 0.0891. The number of hydrogen-bond acceptors (Lipinski definition) is 6. The summed E-state index contributed by atoms with van der Waals surface area (Å²) in [5.41, 5.74) is 0. The summed E-state index contributed by atoms with van der Waals surface area (Å²) in [5.74, 6) is -0.944. The second-order valence-corrected chi connectivity index (χ2v) is 14.6. The molecule has 6 nitrogen and oxygen atoms in total. The van der Waals surface area contributed by atoms with E-state index < -0.39 is 6.10 Å². The Morgan fingerprint density at radius 1 is 0.404 bits per heavy atom. The van der Waals surface area contributed by atoms with Crippen LogP contribution in [-0.4, -0.2) is 37.2 Å². The van der Waals surface area contributed by atoms with E-state index in [2.05, 4.69) is 57.2 Å². The van der Waals surface area contributed by atoms with Gasteiger partial charge in [0.2, 0.25) is 0 Å². The Hall–Kier alpha value is -2.37. The number of ether oxygens (including phenoxy) is 3. The fraction of sp³-hybridized carbons (Fsp3) is 0.804. The summed E-state index contributed by atoms with van der Waals surface area (Å²) >= 11 is 0. The van der Waals surface area contributed by atoms with Gasteiger partial charge in [-0.05, 0) is 44.9 Å². The molecule has 0 aromatic heterocycles. The molecule has 1 atom stereocenters.